The van der Waals surface area contributed by atoms with Crippen LogP contribution in [0.4, 0.5) is 5.82 Å². The van der Waals surface area contributed by atoms with Crippen LogP contribution in [0.2, 0.25) is 0 Å². The van der Waals surface area contributed by atoms with Gasteiger partial charge in [0.25, 0.3) is 0 Å². The van der Waals surface area contributed by atoms with Crippen LogP contribution < -0.4 is 11.5 Å². The Morgan fingerprint density at radius 2 is 1.84 bits per heavy atom. The number of nitrogen functional groups attached to an aromatic ring is 1. The van der Waals surface area contributed by atoms with Crippen LogP contribution in [0.3, 0.4) is 0 Å². The third-order valence-electron chi connectivity index (χ3n) is 6.86. The van der Waals surface area contributed by atoms with Gasteiger partial charge < -0.3 is 20.6 Å². The highest BCUT2D eigenvalue weighted by Gasteiger charge is 2.31. The largest absolute Gasteiger partial charge is 0.383 e. The zero-order valence-corrected chi connectivity index (χ0v) is 17.9. The van der Waals surface area contributed by atoms with Gasteiger partial charge in [0.05, 0.1) is 5.39 Å². The van der Waals surface area contributed by atoms with Gasteiger partial charge in [0.15, 0.2) is 0 Å². The molecule has 160 valence electrons. The number of hydrogen-bond donors (Lipinski definition) is 2. The number of benzene rings is 2. The van der Waals surface area contributed by atoms with Gasteiger partial charge in [-0.25, -0.2) is 9.97 Å². The van der Waals surface area contributed by atoms with Crippen molar-refractivity contribution >= 4 is 27.8 Å². The standard InChI is InChI=1S/C26H26N6/c27-13-18-10-21(11-18)32-15-22(24-25(28)29-16-30-26(24)32)20-7-6-19-8-9-31(23(19)12-20)14-17-4-2-1-3-5-17/h1-9,12,15-16,18,21H,10-11,13-14,27H2,(H2,28,29,30). The van der Waals surface area contributed by atoms with Crippen molar-refractivity contribution in [1.29, 1.82) is 0 Å². The summed E-state index contributed by atoms with van der Waals surface area (Å²) in [6.45, 7) is 1.58. The first-order chi connectivity index (χ1) is 15.7. The van der Waals surface area contributed by atoms with Crippen LogP contribution in [-0.4, -0.2) is 25.6 Å². The molecule has 0 aliphatic heterocycles. The highest BCUT2D eigenvalue weighted by atomic mass is 15.1. The van der Waals surface area contributed by atoms with Crippen molar-refractivity contribution in [1.82, 2.24) is 19.1 Å². The molecule has 0 spiro atoms. The van der Waals surface area contributed by atoms with E-state index in [1.165, 1.54) is 16.5 Å². The van der Waals surface area contributed by atoms with E-state index in [2.05, 4.69) is 86.1 Å². The molecule has 1 aliphatic carbocycles. The van der Waals surface area contributed by atoms with Gasteiger partial charge >= 0.3 is 0 Å². The van der Waals surface area contributed by atoms with Gasteiger partial charge in [-0.05, 0) is 54.0 Å². The number of nitrogens with zero attached hydrogens (tertiary/aromatic N) is 4. The van der Waals surface area contributed by atoms with Gasteiger partial charge in [0, 0.05) is 36.1 Å². The van der Waals surface area contributed by atoms with E-state index in [-0.39, 0.29) is 0 Å². The van der Waals surface area contributed by atoms with Crippen LogP contribution in [0, 0.1) is 5.92 Å². The Balaban J connectivity index is 1.46. The summed E-state index contributed by atoms with van der Waals surface area (Å²) in [5.41, 5.74) is 17.8. The first-order valence-corrected chi connectivity index (χ1v) is 11.2. The minimum absolute atomic E-state index is 0.416. The lowest BCUT2D eigenvalue weighted by atomic mass is 9.80. The van der Waals surface area contributed by atoms with Crippen molar-refractivity contribution in [2.75, 3.05) is 12.3 Å². The van der Waals surface area contributed by atoms with Crippen LogP contribution in [0.25, 0.3) is 33.1 Å². The molecule has 4 N–H and O–H groups in total. The van der Waals surface area contributed by atoms with Gasteiger partial charge in [-0.2, -0.15) is 0 Å². The van der Waals surface area contributed by atoms with Crippen LogP contribution in [-0.2, 0) is 6.54 Å². The molecule has 1 saturated carbocycles. The number of nitrogens with two attached hydrogens (primary N) is 2. The maximum Gasteiger partial charge on any atom is 0.146 e. The molecule has 2 aromatic carbocycles. The van der Waals surface area contributed by atoms with E-state index in [0.717, 1.165) is 48.1 Å². The average Bonchev–Trinajstić information content (AvgIpc) is 3.36. The SMILES string of the molecule is NCC1CC(n2cc(-c3ccc4ccn(Cc5ccccc5)c4c3)c3c(N)ncnc32)C1. The van der Waals surface area contributed by atoms with E-state index in [4.69, 9.17) is 11.5 Å². The molecule has 3 aromatic heterocycles. The van der Waals surface area contributed by atoms with E-state index in [9.17, 15) is 0 Å². The normalized spacial score (nSPS) is 18.3. The molecule has 3 heterocycles. The summed E-state index contributed by atoms with van der Waals surface area (Å²) in [7, 11) is 0. The summed E-state index contributed by atoms with van der Waals surface area (Å²) in [6, 6.07) is 19.7. The van der Waals surface area contributed by atoms with E-state index in [1.807, 2.05) is 0 Å². The number of rotatable bonds is 5. The number of anilines is 1. The molecular weight excluding hydrogens is 396 g/mol. The molecule has 0 bridgehead atoms. The van der Waals surface area contributed by atoms with Crippen LogP contribution in [0.5, 0.6) is 0 Å². The van der Waals surface area contributed by atoms with E-state index in [1.54, 1.807) is 6.33 Å². The zero-order valence-electron chi connectivity index (χ0n) is 17.9. The summed E-state index contributed by atoms with van der Waals surface area (Å²) in [5.74, 6) is 1.12. The Morgan fingerprint density at radius 1 is 1.00 bits per heavy atom. The topological polar surface area (TPSA) is 87.7 Å². The van der Waals surface area contributed by atoms with Gasteiger partial charge in [-0.15, -0.1) is 0 Å². The molecule has 0 atom stereocenters. The summed E-state index contributed by atoms with van der Waals surface area (Å²) < 4.78 is 4.58. The highest BCUT2D eigenvalue weighted by molar-refractivity contribution is 6.02. The van der Waals surface area contributed by atoms with Crippen molar-refractivity contribution in [2.24, 2.45) is 11.7 Å². The molecule has 32 heavy (non-hydrogen) atoms. The summed E-state index contributed by atoms with van der Waals surface area (Å²) in [5, 5.41) is 2.16. The molecule has 0 unspecified atom stereocenters. The number of hydrogen-bond acceptors (Lipinski definition) is 4. The number of fused-ring (bicyclic) bond motifs is 2. The van der Waals surface area contributed by atoms with Gasteiger partial charge in [0.1, 0.15) is 17.8 Å². The molecule has 1 fully saturated rings. The van der Waals surface area contributed by atoms with E-state index in [0.29, 0.717) is 17.8 Å². The summed E-state index contributed by atoms with van der Waals surface area (Å²) >= 11 is 0. The second kappa shape index (κ2) is 7.50. The zero-order chi connectivity index (χ0) is 21.7. The minimum atomic E-state index is 0.416. The molecule has 0 radical (unpaired) electrons. The maximum atomic E-state index is 6.36. The fourth-order valence-corrected chi connectivity index (χ4v) is 5.00. The van der Waals surface area contributed by atoms with Crippen molar-refractivity contribution in [2.45, 2.75) is 25.4 Å². The van der Waals surface area contributed by atoms with Crippen molar-refractivity contribution < 1.29 is 0 Å². The molecule has 6 nitrogen and oxygen atoms in total. The van der Waals surface area contributed by atoms with Crippen LogP contribution in [0.1, 0.15) is 24.4 Å². The second-order valence-electron chi connectivity index (χ2n) is 8.84. The fraction of sp³-hybridized carbons (Fsp3) is 0.231. The van der Waals surface area contributed by atoms with E-state index >= 15 is 0 Å². The van der Waals surface area contributed by atoms with Crippen LogP contribution >= 0.6 is 0 Å². The summed E-state index contributed by atoms with van der Waals surface area (Å²) in [6.07, 6.45) is 8.10. The Hall–Kier alpha value is -3.64. The van der Waals surface area contributed by atoms with Gasteiger partial charge in [0.2, 0.25) is 0 Å². The summed E-state index contributed by atoms with van der Waals surface area (Å²) in [4.78, 5) is 8.90. The van der Waals surface area contributed by atoms with E-state index < -0.39 is 0 Å². The molecule has 6 heteroatoms. The predicted octanol–water partition coefficient (Wildman–Crippen LogP) is 4.59. The third kappa shape index (κ3) is 3.07. The first-order valence-electron chi connectivity index (χ1n) is 11.2. The van der Waals surface area contributed by atoms with Gasteiger partial charge in [-0.3, -0.25) is 0 Å². The van der Waals surface area contributed by atoms with Gasteiger partial charge in [-0.1, -0.05) is 42.5 Å². The number of aromatic nitrogens is 4. The van der Waals surface area contributed by atoms with Crippen molar-refractivity contribution in [3.63, 3.8) is 0 Å². The lowest BCUT2D eigenvalue weighted by Crippen LogP contribution is -2.31. The monoisotopic (exact) mass is 422 g/mol. The maximum absolute atomic E-state index is 6.36. The predicted molar refractivity (Wildman–Crippen MR) is 129 cm³/mol. The fourth-order valence-electron chi connectivity index (χ4n) is 5.00. The Bertz CT molecular complexity index is 1410. The van der Waals surface area contributed by atoms with Crippen molar-refractivity contribution in [3.05, 3.63) is 78.9 Å². The first kappa shape index (κ1) is 19.1. The molecule has 6 rings (SSSR count). The van der Waals surface area contributed by atoms with Crippen LogP contribution in [0.15, 0.2) is 73.3 Å². The smallest absolute Gasteiger partial charge is 0.146 e. The lowest BCUT2D eigenvalue weighted by Gasteiger charge is -2.35. The molecule has 1 aliphatic rings. The molecule has 5 aromatic rings. The third-order valence-corrected chi connectivity index (χ3v) is 6.86. The minimum Gasteiger partial charge on any atom is -0.383 e. The second-order valence-corrected chi connectivity index (χ2v) is 8.84. The van der Waals surface area contributed by atoms with Crippen molar-refractivity contribution in [3.8, 4) is 11.1 Å². The lowest BCUT2D eigenvalue weighted by molar-refractivity contribution is 0.209. The Kier molecular flexibility index (Phi) is 4.47. The molecule has 0 saturated heterocycles. The molecule has 0 amide bonds. The molecular formula is C26H26N6. The quantitative estimate of drug-likeness (QED) is 0.433. The highest BCUT2D eigenvalue weighted by Crippen LogP contribution is 2.42. The Morgan fingerprint density at radius 3 is 2.66 bits per heavy atom. The average molecular weight is 423 g/mol. The Labute approximate surface area is 186 Å².